The first kappa shape index (κ1) is 10.2. The van der Waals surface area contributed by atoms with Crippen LogP contribution in [0.15, 0.2) is 54.6 Å². The normalized spacial score (nSPS) is 10.6. The summed E-state index contributed by atoms with van der Waals surface area (Å²) in [6.07, 6.45) is 0.916. The molecule has 1 nitrogen and oxygen atoms in total. The lowest BCUT2D eigenvalue weighted by atomic mass is 10.0. The fourth-order valence-corrected chi connectivity index (χ4v) is 2.91. The van der Waals surface area contributed by atoms with E-state index >= 15 is 0 Å². The number of rotatable bonds is 2. The van der Waals surface area contributed by atoms with Gasteiger partial charge in [0.2, 0.25) is 0 Å². The number of aldehydes is 1. The maximum Gasteiger partial charge on any atom is 0.160 e. The third kappa shape index (κ3) is 1.77. The standard InChI is InChI=1S/C15H10OS/c16-10-12-9-14-13(7-4-8-15(14)17-12)11-5-2-1-3-6-11/h1-10H. The summed E-state index contributed by atoms with van der Waals surface area (Å²) < 4.78 is 1.16. The molecule has 1 aromatic heterocycles. The molecule has 0 atom stereocenters. The fourth-order valence-electron chi connectivity index (χ4n) is 2.01. The van der Waals surface area contributed by atoms with Gasteiger partial charge in [-0.15, -0.1) is 11.3 Å². The maximum atomic E-state index is 10.8. The predicted molar refractivity (Wildman–Crippen MR) is 72.6 cm³/mol. The van der Waals surface area contributed by atoms with E-state index in [0.29, 0.717) is 0 Å². The summed E-state index contributed by atoms with van der Waals surface area (Å²) in [5.74, 6) is 0. The van der Waals surface area contributed by atoms with Crippen molar-refractivity contribution in [3.8, 4) is 11.1 Å². The van der Waals surface area contributed by atoms with E-state index in [1.54, 1.807) is 0 Å². The van der Waals surface area contributed by atoms with Gasteiger partial charge >= 0.3 is 0 Å². The number of hydrogen-bond donors (Lipinski definition) is 0. The van der Waals surface area contributed by atoms with Crippen LogP contribution in [0.4, 0.5) is 0 Å². The Kier molecular flexibility index (Phi) is 2.50. The van der Waals surface area contributed by atoms with Crippen molar-refractivity contribution >= 4 is 27.7 Å². The van der Waals surface area contributed by atoms with Crippen LogP contribution in [0.25, 0.3) is 21.2 Å². The Labute approximate surface area is 103 Å². The smallest absolute Gasteiger partial charge is 0.160 e. The van der Waals surface area contributed by atoms with Gasteiger partial charge in [0.1, 0.15) is 0 Å². The van der Waals surface area contributed by atoms with Crippen LogP contribution in [0.5, 0.6) is 0 Å². The molecule has 3 aromatic rings. The minimum absolute atomic E-state index is 0.781. The van der Waals surface area contributed by atoms with Crippen LogP contribution in [-0.4, -0.2) is 6.29 Å². The van der Waals surface area contributed by atoms with Crippen molar-refractivity contribution < 1.29 is 4.79 Å². The van der Waals surface area contributed by atoms with Crippen LogP contribution < -0.4 is 0 Å². The molecule has 0 saturated heterocycles. The second-order valence-electron chi connectivity index (χ2n) is 3.85. The molecule has 0 saturated carbocycles. The molecule has 17 heavy (non-hydrogen) atoms. The highest BCUT2D eigenvalue weighted by Gasteiger charge is 2.06. The molecule has 0 radical (unpaired) electrons. The van der Waals surface area contributed by atoms with Gasteiger partial charge in [0.25, 0.3) is 0 Å². The van der Waals surface area contributed by atoms with Crippen molar-refractivity contribution in [2.45, 2.75) is 0 Å². The summed E-state index contributed by atoms with van der Waals surface area (Å²) in [5, 5.41) is 1.16. The first-order valence-electron chi connectivity index (χ1n) is 5.41. The molecule has 0 fully saturated rings. The van der Waals surface area contributed by atoms with Gasteiger partial charge in [-0.1, -0.05) is 42.5 Å². The number of fused-ring (bicyclic) bond motifs is 1. The van der Waals surface area contributed by atoms with Gasteiger partial charge in [-0.3, -0.25) is 4.79 Å². The quantitative estimate of drug-likeness (QED) is 0.605. The molecular weight excluding hydrogens is 228 g/mol. The first-order chi connectivity index (χ1) is 8.38. The number of carbonyl (C=O) groups is 1. The van der Waals surface area contributed by atoms with Crippen LogP contribution in [-0.2, 0) is 0 Å². The minimum Gasteiger partial charge on any atom is -0.297 e. The highest BCUT2D eigenvalue weighted by Crippen LogP contribution is 2.33. The SMILES string of the molecule is O=Cc1cc2c(-c3ccccc3)cccc2s1. The molecule has 0 amide bonds. The molecule has 0 N–H and O–H groups in total. The van der Waals surface area contributed by atoms with Crippen LogP contribution in [0, 0.1) is 0 Å². The molecule has 2 aromatic carbocycles. The fraction of sp³-hybridized carbons (Fsp3) is 0. The van der Waals surface area contributed by atoms with E-state index in [1.165, 1.54) is 22.5 Å². The Morgan fingerprint density at radius 1 is 0.941 bits per heavy atom. The van der Waals surface area contributed by atoms with E-state index in [-0.39, 0.29) is 0 Å². The highest BCUT2D eigenvalue weighted by molar-refractivity contribution is 7.20. The van der Waals surface area contributed by atoms with Gasteiger partial charge in [0.15, 0.2) is 6.29 Å². The lowest BCUT2D eigenvalue weighted by molar-refractivity contribution is 0.112. The molecule has 0 aliphatic rings. The molecule has 2 heteroatoms. The summed E-state index contributed by atoms with van der Waals surface area (Å²) in [6.45, 7) is 0. The van der Waals surface area contributed by atoms with Gasteiger partial charge in [0.05, 0.1) is 4.88 Å². The Bertz CT molecular complexity index is 668. The maximum absolute atomic E-state index is 10.8. The summed E-state index contributed by atoms with van der Waals surface area (Å²) in [6, 6.07) is 18.4. The van der Waals surface area contributed by atoms with Gasteiger partial charge in [-0.05, 0) is 23.3 Å². The monoisotopic (exact) mass is 238 g/mol. The summed E-state index contributed by atoms with van der Waals surface area (Å²) in [4.78, 5) is 11.6. The molecule has 0 aliphatic heterocycles. The Morgan fingerprint density at radius 2 is 1.76 bits per heavy atom. The van der Waals surface area contributed by atoms with E-state index in [2.05, 4.69) is 24.3 Å². The lowest BCUT2D eigenvalue weighted by Crippen LogP contribution is -1.77. The van der Waals surface area contributed by atoms with Crippen molar-refractivity contribution in [3.05, 3.63) is 59.5 Å². The van der Waals surface area contributed by atoms with E-state index in [1.807, 2.05) is 30.3 Å². The van der Waals surface area contributed by atoms with Gasteiger partial charge in [0, 0.05) is 10.1 Å². The zero-order valence-corrected chi connectivity index (χ0v) is 9.91. The average molecular weight is 238 g/mol. The van der Waals surface area contributed by atoms with Crippen molar-refractivity contribution in [1.29, 1.82) is 0 Å². The lowest BCUT2D eigenvalue weighted by Gasteiger charge is -2.02. The van der Waals surface area contributed by atoms with Crippen LogP contribution in [0.1, 0.15) is 9.67 Å². The molecule has 0 bridgehead atoms. The first-order valence-corrected chi connectivity index (χ1v) is 6.23. The average Bonchev–Trinajstić information content (AvgIpc) is 2.82. The van der Waals surface area contributed by atoms with E-state index in [0.717, 1.165) is 21.2 Å². The molecule has 0 aliphatic carbocycles. The molecule has 3 rings (SSSR count). The molecule has 1 heterocycles. The number of benzene rings is 2. The molecule has 0 spiro atoms. The van der Waals surface area contributed by atoms with Crippen LogP contribution in [0.2, 0.25) is 0 Å². The predicted octanol–water partition coefficient (Wildman–Crippen LogP) is 4.38. The third-order valence-corrected chi connectivity index (χ3v) is 3.81. The second-order valence-corrected chi connectivity index (χ2v) is 4.97. The molecular formula is C15H10OS. The Morgan fingerprint density at radius 3 is 2.53 bits per heavy atom. The van der Waals surface area contributed by atoms with Crippen molar-refractivity contribution in [1.82, 2.24) is 0 Å². The number of thiophene rings is 1. The van der Waals surface area contributed by atoms with Crippen molar-refractivity contribution in [2.24, 2.45) is 0 Å². The van der Waals surface area contributed by atoms with E-state index in [9.17, 15) is 4.79 Å². The minimum atomic E-state index is 0.781. The topological polar surface area (TPSA) is 17.1 Å². The molecule has 82 valence electrons. The molecule has 0 unspecified atom stereocenters. The highest BCUT2D eigenvalue weighted by atomic mass is 32.1. The second kappa shape index (κ2) is 4.15. The van der Waals surface area contributed by atoms with Gasteiger partial charge in [-0.2, -0.15) is 0 Å². The van der Waals surface area contributed by atoms with Crippen LogP contribution >= 0.6 is 11.3 Å². The van der Waals surface area contributed by atoms with Gasteiger partial charge < -0.3 is 0 Å². The van der Waals surface area contributed by atoms with Crippen molar-refractivity contribution in [3.63, 3.8) is 0 Å². The van der Waals surface area contributed by atoms with E-state index in [4.69, 9.17) is 0 Å². The summed E-state index contributed by atoms with van der Waals surface area (Å²) >= 11 is 1.54. The number of hydrogen-bond acceptors (Lipinski definition) is 2. The van der Waals surface area contributed by atoms with Gasteiger partial charge in [-0.25, -0.2) is 0 Å². The van der Waals surface area contributed by atoms with Crippen molar-refractivity contribution in [2.75, 3.05) is 0 Å². The van der Waals surface area contributed by atoms with Crippen LogP contribution in [0.3, 0.4) is 0 Å². The number of carbonyl (C=O) groups excluding carboxylic acids is 1. The zero-order chi connectivity index (χ0) is 11.7. The Balaban J connectivity index is 2.29. The summed E-state index contributed by atoms with van der Waals surface area (Å²) in [7, 11) is 0. The zero-order valence-electron chi connectivity index (χ0n) is 9.09. The Hall–Kier alpha value is -1.93. The third-order valence-electron chi connectivity index (χ3n) is 2.78. The largest absolute Gasteiger partial charge is 0.297 e. The van der Waals surface area contributed by atoms with E-state index < -0.39 is 0 Å². The summed E-state index contributed by atoms with van der Waals surface area (Å²) in [5.41, 5.74) is 2.38.